The fraction of sp³-hybridized carbons (Fsp3) is 0.333. The van der Waals surface area contributed by atoms with Crippen molar-refractivity contribution in [1.29, 1.82) is 0 Å². The summed E-state index contributed by atoms with van der Waals surface area (Å²) in [5.41, 5.74) is 2.25. The molecule has 1 amide bonds. The van der Waals surface area contributed by atoms with E-state index in [9.17, 15) is 19.1 Å². The lowest BCUT2D eigenvalue weighted by Crippen LogP contribution is -2.57. The fourth-order valence-corrected chi connectivity index (χ4v) is 5.98. The van der Waals surface area contributed by atoms with Gasteiger partial charge in [0.2, 0.25) is 5.82 Å². The number of piperidine rings is 1. The van der Waals surface area contributed by atoms with Crippen molar-refractivity contribution in [3.05, 3.63) is 84.2 Å². The number of aromatic nitrogens is 2. The molecule has 0 spiro atoms. The van der Waals surface area contributed by atoms with E-state index < -0.39 is 11.8 Å². The molecule has 0 unspecified atom stereocenters. The molecule has 10 heteroatoms. The van der Waals surface area contributed by atoms with Crippen LogP contribution in [-0.4, -0.2) is 56.9 Å². The average Bonchev–Trinajstić information content (AvgIpc) is 3.72. The van der Waals surface area contributed by atoms with Crippen LogP contribution in [0.1, 0.15) is 44.1 Å². The molecule has 2 N–H and O–H groups in total. The Morgan fingerprint density at radius 1 is 0.977 bits per heavy atom. The first-order valence-electron chi connectivity index (χ1n) is 14.6. The van der Waals surface area contributed by atoms with Gasteiger partial charge >= 0.3 is 6.16 Å². The molecule has 4 aromatic rings. The topological polar surface area (TPSA) is 118 Å². The zero-order valence-corrected chi connectivity index (χ0v) is 23.7. The lowest BCUT2D eigenvalue weighted by molar-refractivity contribution is -0.148. The van der Waals surface area contributed by atoms with Crippen molar-refractivity contribution in [2.24, 2.45) is 0 Å². The molecule has 1 saturated heterocycles. The predicted octanol–water partition coefficient (Wildman–Crippen LogP) is 6.30. The van der Waals surface area contributed by atoms with Gasteiger partial charge in [0.15, 0.2) is 5.60 Å². The van der Waals surface area contributed by atoms with Crippen molar-refractivity contribution in [3.8, 4) is 34.0 Å². The van der Waals surface area contributed by atoms with E-state index in [-0.39, 0.29) is 23.7 Å². The first kappa shape index (κ1) is 28.5. The number of nitrogens with one attached hydrogen (secondary N) is 1. The summed E-state index contributed by atoms with van der Waals surface area (Å²) in [6.45, 7) is 1.69. The number of hydrogen-bond acceptors (Lipinski definition) is 7. The van der Waals surface area contributed by atoms with E-state index >= 15 is 0 Å². The largest absolute Gasteiger partial charge is 0.506 e. The van der Waals surface area contributed by atoms with Crippen LogP contribution in [0.5, 0.6) is 0 Å². The molecule has 1 aromatic heterocycles. The zero-order chi connectivity index (χ0) is 29.8. The van der Waals surface area contributed by atoms with Gasteiger partial charge in [0.1, 0.15) is 5.82 Å². The Balaban J connectivity index is 1.07. The molecule has 1 aliphatic carbocycles. The third-order valence-electron chi connectivity index (χ3n) is 8.40. The van der Waals surface area contributed by atoms with Crippen molar-refractivity contribution in [2.45, 2.75) is 56.7 Å². The Kier molecular flexibility index (Phi) is 8.20. The van der Waals surface area contributed by atoms with Gasteiger partial charge in [-0.15, -0.1) is 0 Å². The molecule has 2 aliphatic rings. The minimum Gasteiger partial charge on any atom is -0.450 e. The fourth-order valence-electron chi connectivity index (χ4n) is 5.98. The van der Waals surface area contributed by atoms with E-state index in [1.165, 1.54) is 6.07 Å². The highest BCUT2D eigenvalue weighted by Crippen LogP contribution is 2.31. The molecule has 2 heterocycles. The molecule has 0 bridgehead atoms. The van der Waals surface area contributed by atoms with Gasteiger partial charge in [-0.3, -0.25) is 9.69 Å². The van der Waals surface area contributed by atoms with E-state index in [0.717, 1.165) is 42.4 Å². The van der Waals surface area contributed by atoms with Crippen molar-refractivity contribution in [2.75, 3.05) is 13.1 Å². The molecular formula is C33H33FN4O5. The third-order valence-corrected chi connectivity index (χ3v) is 8.40. The average molecular weight is 585 g/mol. The number of amides is 1. The number of carboxylic acid groups (broad SMARTS) is 1. The number of nitrogens with zero attached hydrogens (tertiary/aromatic N) is 3. The second kappa shape index (κ2) is 12.3. The van der Waals surface area contributed by atoms with Crippen LogP contribution in [0.25, 0.3) is 34.0 Å². The monoisotopic (exact) mass is 584 g/mol. The lowest BCUT2D eigenvalue weighted by Gasteiger charge is -2.39. The number of benzene rings is 3. The van der Waals surface area contributed by atoms with E-state index in [0.29, 0.717) is 49.4 Å². The Labute approximate surface area is 248 Å². The van der Waals surface area contributed by atoms with Gasteiger partial charge in [0.05, 0.1) is 0 Å². The number of rotatable bonds is 8. The van der Waals surface area contributed by atoms with E-state index in [4.69, 9.17) is 9.26 Å². The SMILES string of the molecule is O=C(O)OC1(C(=O)NC2CCCC2)CCN(Cc2ccc(-c3noc(-c4ccc(-c5ccccc5)c(F)c4)n3)cc2)CC1. The normalized spacial score (nSPS) is 17.0. The summed E-state index contributed by atoms with van der Waals surface area (Å²) in [4.78, 5) is 31.2. The van der Waals surface area contributed by atoms with Gasteiger partial charge in [-0.2, -0.15) is 4.98 Å². The van der Waals surface area contributed by atoms with Crippen LogP contribution in [0.3, 0.4) is 0 Å². The molecule has 3 aromatic carbocycles. The maximum Gasteiger partial charge on any atom is 0.506 e. The first-order valence-corrected chi connectivity index (χ1v) is 14.6. The van der Waals surface area contributed by atoms with Crippen LogP contribution < -0.4 is 5.32 Å². The molecule has 9 nitrogen and oxygen atoms in total. The number of hydrogen-bond donors (Lipinski definition) is 2. The van der Waals surface area contributed by atoms with Crippen molar-refractivity contribution in [3.63, 3.8) is 0 Å². The molecule has 1 saturated carbocycles. The van der Waals surface area contributed by atoms with Gasteiger partial charge in [-0.1, -0.05) is 78.7 Å². The van der Waals surface area contributed by atoms with Gasteiger partial charge in [-0.25, -0.2) is 9.18 Å². The molecule has 1 aliphatic heterocycles. The molecule has 43 heavy (non-hydrogen) atoms. The van der Waals surface area contributed by atoms with Crippen molar-refractivity contribution in [1.82, 2.24) is 20.4 Å². The Morgan fingerprint density at radius 3 is 2.35 bits per heavy atom. The van der Waals surface area contributed by atoms with Gasteiger partial charge in [0.25, 0.3) is 11.8 Å². The van der Waals surface area contributed by atoms with Crippen LogP contribution in [0.4, 0.5) is 9.18 Å². The van der Waals surface area contributed by atoms with Crippen LogP contribution in [-0.2, 0) is 16.1 Å². The molecule has 0 radical (unpaired) electrons. The number of likely N-dealkylation sites (tertiary alicyclic amines) is 1. The van der Waals surface area contributed by atoms with E-state index in [1.54, 1.807) is 12.1 Å². The zero-order valence-electron chi connectivity index (χ0n) is 23.7. The summed E-state index contributed by atoms with van der Waals surface area (Å²) in [5, 5.41) is 16.5. The molecule has 2 fully saturated rings. The standard InChI is InChI=1S/C33H33FN4O5/c34-28-20-25(14-15-27(28)23-6-2-1-3-7-23)30-36-29(37-43-30)24-12-10-22(11-13-24)21-38-18-16-33(17-19-38,42-32(40)41)31(39)35-26-8-4-5-9-26/h1-3,6-7,10-15,20,26H,4-5,8-9,16-19,21H2,(H,35,39)(H,40,41). The number of halogens is 1. The van der Waals surface area contributed by atoms with E-state index in [1.807, 2.05) is 54.6 Å². The summed E-state index contributed by atoms with van der Waals surface area (Å²) < 4.78 is 25.5. The maximum absolute atomic E-state index is 14.9. The Morgan fingerprint density at radius 2 is 1.67 bits per heavy atom. The number of carbonyl (C=O) groups excluding carboxylic acids is 1. The predicted molar refractivity (Wildman–Crippen MR) is 157 cm³/mol. The van der Waals surface area contributed by atoms with Gasteiger partial charge in [-0.05, 0) is 36.1 Å². The summed E-state index contributed by atoms with van der Waals surface area (Å²) in [7, 11) is 0. The molecular weight excluding hydrogens is 551 g/mol. The number of ether oxygens (including phenoxy) is 1. The van der Waals surface area contributed by atoms with Crippen LogP contribution in [0.15, 0.2) is 77.3 Å². The molecule has 6 rings (SSSR count). The quantitative estimate of drug-likeness (QED) is 0.232. The Bertz CT molecular complexity index is 1580. The molecule has 222 valence electrons. The summed E-state index contributed by atoms with van der Waals surface area (Å²) in [6, 6.07) is 22.0. The second-order valence-corrected chi connectivity index (χ2v) is 11.3. The second-order valence-electron chi connectivity index (χ2n) is 11.3. The van der Waals surface area contributed by atoms with Crippen molar-refractivity contribution < 1.29 is 28.3 Å². The lowest BCUT2D eigenvalue weighted by atomic mass is 9.89. The maximum atomic E-state index is 14.9. The van der Waals surface area contributed by atoms with Gasteiger partial charge in [0, 0.05) is 55.2 Å². The minimum absolute atomic E-state index is 0.0926. The van der Waals surface area contributed by atoms with Crippen molar-refractivity contribution >= 4 is 12.1 Å². The summed E-state index contributed by atoms with van der Waals surface area (Å²) in [5.74, 6) is -0.0576. The highest BCUT2D eigenvalue weighted by Gasteiger charge is 2.46. The summed E-state index contributed by atoms with van der Waals surface area (Å²) in [6.07, 6.45) is 3.15. The smallest absolute Gasteiger partial charge is 0.450 e. The van der Waals surface area contributed by atoms with Crippen LogP contribution >= 0.6 is 0 Å². The number of carbonyl (C=O) groups is 2. The highest BCUT2D eigenvalue weighted by molar-refractivity contribution is 5.87. The molecule has 0 atom stereocenters. The third kappa shape index (κ3) is 6.44. The summed E-state index contributed by atoms with van der Waals surface area (Å²) >= 11 is 0. The van der Waals surface area contributed by atoms with Crippen LogP contribution in [0.2, 0.25) is 0 Å². The highest BCUT2D eigenvalue weighted by atomic mass is 19.1. The van der Waals surface area contributed by atoms with Gasteiger partial charge < -0.3 is 19.7 Å². The van der Waals surface area contributed by atoms with Crippen LogP contribution in [0, 0.1) is 5.82 Å². The minimum atomic E-state index is -1.43. The Hall–Kier alpha value is -4.57. The first-order chi connectivity index (χ1) is 20.9. The van der Waals surface area contributed by atoms with E-state index in [2.05, 4.69) is 20.4 Å².